The molecule has 0 radical (unpaired) electrons. The van der Waals surface area contributed by atoms with E-state index >= 15 is 0 Å². The molecule has 0 atom stereocenters. The monoisotopic (exact) mass is 631 g/mol. The molecule has 182 valence electrons. The van der Waals surface area contributed by atoms with E-state index in [-0.39, 0.29) is 23.6 Å². The molecule has 5 amide bonds. The molecule has 1 aliphatic heterocycles. The number of barbiturate groups is 1. The molecule has 1 heterocycles. The summed E-state index contributed by atoms with van der Waals surface area (Å²) >= 11 is 12.8. The summed E-state index contributed by atoms with van der Waals surface area (Å²) in [4.78, 5) is 51.5. The van der Waals surface area contributed by atoms with Gasteiger partial charge in [-0.05, 0) is 64.5 Å². The summed E-state index contributed by atoms with van der Waals surface area (Å²) in [6.45, 7) is -0.335. The van der Waals surface area contributed by atoms with Crippen LogP contribution in [-0.4, -0.2) is 30.4 Å². The van der Waals surface area contributed by atoms with Gasteiger partial charge in [-0.25, -0.2) is 9.69 Å². The van der Waals surface area contributed by atoms with Gasteiger partial charge in [-0.15, -0.1) is 0 Å². The highest BCUT2D eigenvalue weighted by atomic mass is 79.9. The maximum atomic E-state index is 13.2. The lowest BCUT2D eigenvalue weighted by molar-refractivity contribution is -0.122. The molecule has 1 saturated heterocycles. The van der Waals surface area contributed by atoms with Gasteiger partial charge in [-0.1, -0.05) is 51.8 Å². The third-order valence-corrected chi connectivity index (χ3v) is 6.19. The van der Waals surface area contributed by atoms with Crippen LogP contribution in [0.4, 0.5) is 16.2 Å². The van der Waals surface area contributed by atoms with Gasteiger partial charge in [0, 0.05) is 20.7 Å². The normalized spacial score (nSPS) is 14.6. The molecule has 0 unspecified atom stereocenters. The number of benzene rings is 3. The summed E-state index contributed by atoms with van der Waals surface area (Å²) in [6, 6.07) is 17.4. The molecule has 8 nitrogen and oxygen atoms in total. The van der Waals surface area contributed by atoms with Crippen molar-refractivity contribution >= 4 is 84.7 Å². The number of ether oxygens (including phenoxy) is 1. The second-order valence-electron chi connectivity index (χ2n) is 7.45. The number of carbonyl (C=O) groups excluding carboxylic acids is 4. The minimum absolute atomic E-state index is 0.202. The Balaban J connectivity index is 1.64. The van der Waals surface area contributed by atoms with Gasteiger partial charge in [0.05, 0.1) is 10.2 Å². The highest BCUT2D eigenvalue weighted by Crippen LogP contribution is 2.35. The molecular weight excluding hydrogens is 618 g/mol. The van der Waals surface area contributed by atoms with Crippen molar-refractivity contribution in [1.29, 1.82) is 0 Å². The lowest BCUT2D eigenvalue weighted by Crippen LogP contribution is -2.54. The topological polar surface area (TPSA) is 105 Å². The summed E-state index contributed by atoms with van der Waals surface area (Å²) in [7, 11) is 0. The van der Waals surface area contributed by atoms with Crippen LogP contribution >= 0.6 is 43.5 Å². The number of hydrogen-bond acceptors (Lipinski definition) is 5. The van der Waals surface area contributed by atoms with Gasteiger partial charge in [0.2, 0.25) is 0 Å². The van der Waals surface area contributed by atoms with Gasteiger partial charge >= 0.3 is 6.03 Å². The van der Waals surface area contributed by atoms with Crippen molar-refractivity contribution < 1.29 is 23.9 Å². The van der Waals surface area contributed by atoms with Crippen LogP contribution in [0.25, 0.3) is 6.08 Å². The van der Waals surface area contributed by atoms with Crippen LogP contribution in [0, 0.1) is 0 Å². The van der Waals surface area contributed by atoms with Crippen LogP contribution in [0.15, 0.2) is 81.2 Å². The van der Waals surface area contributed by atoms with Crippen molar-refractivity contribution in [3.05, 3.63) is 91.8 Å². The van der Waals surface area contributed by atoms with Crippen molar-refractivity contribution in [2.24, 2.45) is 0 Å². The summed E-state index contributed by atoms with van der Waals surface area (Å²) in [5.41, 5.74) is 0.826. The zero-order valence-electron chi connectivity index (χ0n) is 18.3. The number of nitrogens with one attached hydrogen (secondary N) is 2. The third-order valence-electron chi connectivity index (χ3n) is 4.91. The van der Waals surface area contributed by atoms with Gasteiger partial charge in [-0.3, -0.25) is 19.7 Å². The molecule has 2 N–H and O–H groups in total. The smallest absolute Gasteiger partial charge is 0.335 e. The van der Waals surface area contributed by atoms with Crippen molar-refractivity contribution in [2.45, 2.75) is 0 Å². The number of nitrogens with zero attached hydrogens (tertiary/aromatic N) is 1. The molecule has 11 heteroatoms. The Bertz CT molecular complexity index is 1410. The standard InChI is InChI=1S/C25H16Br2ClN3O5/c26-15-9-14(22(20(27)11-15)36-13-21(32)29-17-6-2-1-3-7-17)10-19-23(33)30-25(35)31(24(19)34)18-8-4-5-16(28)12-18/h1-12H,13H2,(H,29,32)(H,30,33,35)/b19-10+. The number of imide groups is 2. The molecule has 0 saturated carbocycles. The SMILES string of the molecule is O=C(COc1c(Br)cc(Br)cc1/C=C1\C(=O)NC(=O)N(c2cccc(Cl)c2)C1=O)Nc1ccccc1. The van der Waals surface area contributed by atoms with E-state index in [0.717, 1.165) is 4.90 Å². The number of amides is 5. The zero-order chi connectivity index (χ0) is 25.8. The van der Waals surface area contributed by atoms with Crippen LogP contribution in [0.5, 0.6) is 5.75 Å². The summed E-state index contributed by atoms with van der Waals surface area (Å²) in [5.74, 6) is -1.89. The first-order chi connectivity index (χ1) is 17.2. The summed E-state index contributed by atoms with van der Waals surface area (Å²) in [5, 5.41) is 5.19. The van der Waals surface area contributed by atoms with E-state index in [0.29, 0.717) is 25.2 Å². The fourth-order valence-electron chi connectivity index (χ4n) is 3.36. The van der Waals surface area contributed by atoms with Crippen molar-refractivity contribution in [3.63, 3.8) is 0 Å². The number of urea groups is 1. The van der Waals surface area contributed by atoms with Gasteiger partial charge in [0.15, 0.2) is 6.61 Å². The molecule has 3 aromatic carbocycles. The second-order valence-corrected chi connectivity index (χ2v) is 9.65. The molecule has 0 spiro atoms. The third kappa shape index (κ3) is 5.84. The highest BCUT2D eigenvalue weighted by molar-refractivity contribution is 9.11. The van der Waals surface area contributed by atoms with E-state index in [1.807, 2.05) is 6.07 Å². The quantitative estimate of drug-likeness (QED) is 0.274. The highest BCUT2D eigenvalue weighted by Gasteiger charge is 2.37. The number of halogens is 3. The average Bonchev–Trinajstić information content (AvgIpc) is 2.81. The Morgan fingerprint density at radius 3 is 2.50 bits per heavy atom. The van der Waals surface area contributed by atoms with Crippen LogP contribution in [0.1, 0.15) is 5.56 Å². The van der Waals surface area contributed by atoms with Gasteiger partial charge in [0.25, 0.3) is 17.7 Å². The minimum Gasteiger partial charge on any atom is -0.482 e. The van der Waals surface area contributed by atoms with E-state index in [1.165, 1.54) is 18.2 Å². The Labute approximate surface area is 227 Å². The molecule has 1 aliphatic rings. The second kappa shape index (κ2) is 11.1. The van der Waals surface area contributed by atoms with Crippen LogP contribution in [0.2, 0.25) is 5.02 Å². The maximum absolute atomic E-state index is 13.2. The predicted molar refractivity (Wildman–Crippen MR) is 143 cm³/mol. The van der Waals surface area contributed by atoms with Crippen molar-refractivity contribution in [1.82, 2.24) is 5.32 Å². The van der Waals surface area contributed by atoms with E-state index in [1.54, 1.807) is 48.5 Å². The van der Waals surface area contributed by atoms with Crippen LogP contribution in [0.3, 0.4) is 0 Å². The molecular formula is C25H16Br2ClN3O5. The van der Waals surface area contributed by atoms with E-state index < -0.39 is 23.8 Å². The number of anilines is 2. The van der Waals surface area contributed by atoms with E-state index in [2.05, 4.69) is 42.5 Å². The van der Waals surface area contributed by atoms with Gasteiger partial charge < -0.3 is 10.1 Å². The maximum Gasteiger partial charge on any atom is 0.335 e. The first kappa shape index (κ1) is 25.6. The summed E-state index contributed by atoms with van der Waals surface area (Å²) < 4.78 is 6.85. The van der Waals surface area contributed by atoms with Crippen LogP contribution < -0.4 is 20.3 Å². The van der Waals surface area contributed by atoms with Crippen molar-refractivity contribution in [3.8, 4) is 5.75 Å². The molecule has 4 rings (SSSR count). The lowest BCUT2D eigenvalue weighted by atomic mass is 10.1. The Morgan fingerprint density at radius 1 is 1.03 bits per heavy atom. The Hall–Kier alpha value is -3.47. The summed E-state index contributed by atoms with van der Waals surface area (Å²) in [6.07, 6.45) is 1.29. The van der Waals surface area contributed by atoms with Gasteiger partial charge in [0.1, 0.15) is 11.3 Å². The average molecular weight is 634 g/mol. The van der Waals surface area contributed by atoms with Crippen LogP contribution in [-0.2, 0) is 14.4 Å². The first-order valence-electron chi connectivity index (χ1n) is 10.4. The Kier molecular flexibility index (Phi) is 7.88. The predicted octanol–water partition coefficient (Wildman–Crippen LogP) is 5.55. The fourth-order valence-corrected chi connectivity index (χ4v) is 4.92. The molecule has 3 aromatic rings. The number of rotatable bonds is 6. The van der Waals surface area contributed by atoms with E-state index in [9.17, 15) is 19.2 Å². The minimum atomic E-state index is -0.895. The molecule has 0 aliphatic carbocycles. The fraction of sp³-hybridized carbons (Fsp3) is 0.0400. The number of para-hydroxylation sites is 1. The molecule has 0 bridgehead atoms. The largest absolute Gasteiger partial charge is 0.482 e. The Morgan fingerprint density at radius 2 is 1.78 bits per heavy atom. The zero-order valence-corrected chi connectivity index (χ0v) is 22.2. The van der Waals surface area contributed by atoms with E-state index in [4.69, 9.17) is 16.3 Å². The van der Waals surface area contributed by atoms with Gasteiger partial charge in [-0.2, -0.15) is 0 Å². The first-order valence-corrected chi connectivity index (χ1v) is 12.3. The molecule has 0 aromatic heterocycles. The number of hydrogen-bond donors (Lipinski definition) is 2. The number of carbonyl (C=O) groups is 4. The lowest BCUT2D eigenvalue weighted by Gasteiger charge is -2.26. The van der Waals surface area contributed by atoms with Crippen molar-refractivity contribution in [2.75, 3.05) is 16.8 Å². The molecule has 36 heavy (non-hydrogen) atoms. The molecule has 1 fully saturated rings.